The van der Waals surface area contributed by atoms with Crippen LogP contribution in [0.25, 0.3) is 0 Å². The predicted octanol–water partition coefficient (Wildman–Crippen LogP) is 4.00. The van der Waals surface area contributed by atoms with Crippen molar-refractivity contribution in [1.29, 1.82) is 0 Å². The third kappa shape index (κ3) is 4.16. The molecular weight excluding hydrogens is 366 g/mol. The summed E-state index contributed by atoms with van der Waals surface area (Å²) < 4.78 is 11.8. The Morgan fingerprint density at radius 2 is 2.03 bits per heavy atom. The van der Waals surface area contributed by atoms with Crippen LogP contribution < -0.4 is 19.7 Å². The first-order valence-corrected chi connectivity index (χ1v) is 9.45. The second kappa shape index (κ2) is 7.83. The lowest BCUT2D eigenvalue weighted by atomic mass is 10.0. The topological polar surface area (TPSA) is 63.7 Å². The first kappa shape index (κ1) is 18.8. The average molecular weight is 389 g/mol. The molecule has 29 heavy (non-hydrogen) atoms. The van der Waals surface area contributed by atoms with Crippen LogP contribution >= 0.6 is 0 Å². The summed E-state index contributed by atoms with van der Waals surface area (Å²) in [5, 5.41) is 3.48. The van der Waals surface area contributed by atoms with Crippen LogP contribution in [0.1, 0.15) is 17.3 Å². The molecule has 4 rings (SSSR count). The highest BCUT2D eigenvalue weighted by Gasteiger charge is 2.32. The molecule has 0 radical (unpaired) electrons. The van der Waals surface area contributed by atoms with E-state index in [0.717, 1.165) is 17.1 Å². The molecule has 6 nitrogen and oxygen atoms in total. The van der Waals surface area contributed by atoms with Gasteiger partial charge >= 0.3 is 0 Å². The van der Waals surface area contributed by atoms with E-state index in [2.05, 4.69) is 10.3 Å². The van der Waals surface area contributed by atoms with Gasteiger partial charge in [0.1, 0.15) is 30.3 Å². The van der Waals surface area contributed by atoms with E-state index in [-0.39, 0.29) is 5.91 Å². The maximum atomic E-state index is 12.9. The first-order chi connectivity index (χ1) is 14.0. The van der Waals surface area contributed by atoms with E-state index in [0.29, 0.717) is 24.5 Å². The Labute approximate surface area is 170 Å². The van der Waals surface area contributed by atoms with Gasteiger partial charge < -0.3 is 19.7 Å². The predicted molar refractivity (Wildman–Crippen MR) is 113 cm³/mol. The van der Waals surface area contributed by atoms with Crippen molar-refractivity contribution >= 4 is 17.3 Å². The highest BCUT2D eigenvalue weighted by Crippen LogP contribution is 2.34. The molecule has 1 unspecified atom stereocenters. The molecule has 1 N–H and O–H groups in total. The number of rotatable bonds is 5. The highest BCUT2D eigenvalue weighted by molar-refractivity contribution is 6.06. The Balaban J connectivity index is 1.50. The van der Waals surface area contributed by atoms with Crippen molar-refractivity contribution in [2.45, 2.75) is 12.5 Å². The fourth-order valence-corrected chi connectivity index (χ4v) is 3.20. The molecule has 0 saturated carbocycles. The van der Waals surface area contributed by atoms with E-state index in [1.807, 2.05) is 61.5 Å². The maximum Gasteiger partial charge on any atom is 0.258 e. The molecule has 1 aromatic heterocycles. The van der Waals surface area contributed by atoms with Crippen molar-refractivity contribution in [3.63, 3.8) is 0 Å². The molecule has 148 valence electrons. The molecule has 0 saturated heterocycles. The van der Waals surface area contributed by atoms with Gasteiger partial charge in [0.2, 0.25) is 0 Å². The summed E-state index contributed by atoms with van der Waals surface area (Å²) in [7, 11) is 1.77. The summed E-state index contributed by atoms with van der Waals surface area (Å²) in [5.74, 6) is 1.34. The Kier molecular flexibility index (Phi) is 5.08. The second-order valence-corrected chi connectivity index (χ2v) is 7.36. The lowest BCUT2D eigenvalue weighted by molar-refractivity contribution is 0.0993. The maximum absolute atomic E-state index is 12.9. The molecule has 1 aliphatic heterocycles. The van der Waals surface area contributed by atoms with Gasteiger partial charge in [0.15, 0.2) is 0 Å². The molecule has 0 aliphatic carbocycles. The quantitative estimate of drug-likeness (QED) is 0.715. The van der Waals surface area contributed by atoms with E-state index >= 15 is 0 Å². The summed E-state index contributed by atoms with van der Waals surface area (Å²) >= 11 is 0. The van der Waals surface area contributed by atoms with Gasteiger partial charge in [0.25, 0.3) is 5.91 Å². The number of hydrogen-bond donors (Lipinski definition) is 1. The van der Waals surface area contributed by atoms with Gasteiger partial charge in [-0.3, -0.25) is 9.78 Å². The Bertz CT molecular complexity index is 995. The van der Waals surface area contributed by atoms with Gasteiger partial charge in [-0.15, -0.1) is 0 Å². The third-order valence-electron chi connectivity index (χ3n) is 4.85. The molecule has 2 aromatic carbocycles. The van der Waals surface area contributed by atoms with Crippen LogP contribution in [0.5, 0.6) is 11.5 Å². The van der Waals surface area contributed by atoms with Crippen molar-refractivity contribution in [3.8, 4) is 11.5 Å². The minimum atomic E-state index is -0.435. The van der Waals surface area contributed by atoms with E-state index in [1.54, 1.807) is 30.4 Å². The molecule has 3 aromatic rings. The molecule has 0 bridgehead atoms. The fraction of sp³-hybridized carbons (Fsp3) is 0.217. The molecule has 2 heterocycles. The van der Waals surface area contributed by atoms with Gasteiger partial charge in [-0.25, -0.2) is 0 Å². The number of fused-ring (bicyclic) bond motifs is 1. The van der Waals surface area contributed by atoms with Gasteiger partial charge in [0.05, 0.1) is 11.9 Å². The van der Waals surface area contributed by atoms with Crippen molar-refractivity contribution in [2.75, 3.05) is 30.5 Å². The molecule has 1 amide bonds. The minimum absolute atomic E-state index is 0.0836. The summed E-state index contributed by atoms with van der Waals surface area (Å²) in [4.78, 5) is 18.6. The van der Waals surface area contributed by atoms with Crippen LogP contribution in [0.15, 0.2) is 73.1 Å². The summed E-state index contributed by atoms with van der Waals surface area (Å²) in [6.45, 7) is 2.88. The number of benzene rings is 2. The first-order valence-electron chi connectivity index (χ1n) is 9.45. The lowest BCUT2D eigenvalue weighted by Gasteiger charge is -2.36. The van der Waals surface area contributed by atoms with Crippen molar-refractivity contribution in [1.82, 2.24) is 4.98 Å². The summed E-state index contributed by atoms with van der Waals surface area (Å²) in [5.41, 5.74) is 1.77. The number of pyridine rings is 1. The Morgan fingerprint density at radius 3 is 2.79 bits per heavy atom. The number of anilines is 2. The number of para-hydroxylation sites is 1. The lowest BCUT2D eigenvalue weighted by Crippen LogP contribution is -2.49. The minimum Gasteiger partial charge on any atom is -0.489 e. The zero-order chi connectivity index (χ0) is 20.3. The SMILES string of the molecule is CN(C(=O)c1ccc2c(c1)NC(C)(COc1cccnc1)CO2)c1ccccc1. The average Bonchev–Trinajstić information content (AvgIpc) is 2.77. The van der Waals surface area contributed by atoms with Crippen LogP contribution in [0.3, 0.4) is 0 Å². The van der Waals surface area contributed by atoms with E-state index in [1.165, 1.54) is 0 Å². The van der Waals surface area contributed by atoms with Crippen molar-refractivity contribution < 1.29 is 14.3 Å². The molecule has 0 spiro atoms. The number of carbonyl (C=O) groups is 1. The third-order valence-corrected chi connectivity index (χ3v) is 4.85. The largest absolute Gasteiger partial charge is 0.489 e. The monoisotopic (exact) mass is 389 g/mol. The normalized spacial score (nSPS) is 17.4. The van der Waals surface area contributed by atoms with Crippen LogP contribution in [-0.2, 0) is 0 Å². The zero-order valence-corrected chi connectivity index (χ0v) is 16.5. The standard InChI is InChI=1S/C23H23N3O3/c1-23(15-28-19-9-6-12-24-14-19)16-29-21-11-10-17(13-20(21)25-23)22(27)26(2)18-7-4-3-5-8-18/h3-14,25H,15-16H2,1-2H3. The van der Waals surface area contributed by atoms with E-state index in [9.17, 15) is 4.79 Å². The number of aromatic nitrogens is 1. The van der Waals surface area contributed by atoms with E-state index < -0.39 is 5.54 Å². The van der Waals surface area contributed by atoms with Crippen LogP contribution in [0, 0.1) is 0 Å². The van der Waals surface area contributed by atoms with Crippen LogP contribution in [0.2, 0.25) is 0 Å². The second-order valence-electron chi connectivity index (χ2n) is 7.36. The van der Waals surface area contributed by atoms with Crippen molar-refractivity contribution in [3.05, 3.63) is 78.6 Å². The van der Waals surface area contributed by atoms with E-state index in [4.69, 9.17) is 9.47 Å². The van der Waals surface area contributed by atoms with Crippen molar-refractivity contribution in [2.24, 2.45) is 0 Å². The number of hydrogen-bond acceptors (Lipinski definition) is 5. The number of carbonyl (C=O) groups excluding carboxylic acids is 1. The van der Waals surface area contributed by atoms with Gasteiger partial charge in [0, 0.05) is 24.5 Å². The summed E-state index contributed by atoms with van der Waals surface area (Å²) in [6.07, 6.45) is 3.38. The molecule has 0 fully saturated rings. The summed E-state index contributed by atoms with van der Waals surface area (Å²) in [6, 6.07) is 18.7. The molecule has 1 aliphatic rings. The molecule has 1 atom stereocenters. The fourth-order valence-electron chi connectivity index (χ4n) is 3.20. The Morgan fingerprint density at radius 1 is 1.21 bits per heavy atom. The molecular formula is C23H23N3O3. The molecule has 6 heteroatoms. The van der Waals surface area contributed by atoms with Gasteiger partial charge in [-0.1, -0.05) is 18.2 Å². The number of ether oxygens (including phenoxy) is 2. The Hall–Kier alpha value is -3.54. The van der Waals surface area contributed by atoms with Crippen LogP contribution in [-0.4, -0.2) is 36.7 Å². The zero-order valence-electron chi connectivity index (χ0n) is 16.5. The van der Waals surface area contributed by atoms with Gasteiger partial charge in [-0.2, -0.15) is 0 Å². The number of nitrogens with zero attached hydrogens (tertiary/aromatic N) is 2. The highest BCUT2D eigenvalue weighted by atomic mass is 16.5. The number of nitrogens with one attached hydrogen (secondary N) is 1. The van der Waals surface area contributed by atoms with Gasteiger partial charge in [-0.05, 0) is 49.4 Å². The number of amides is 1. The van der Waals surface area contributed by atoms with Crippen LogP contribution in [0.4, 0.5) is 11.4 Å². The smallest absolute Gasteiger partial charge is 0.258 e.